The summed E-state index contributed by atoms with van der Waals surface area (Å²) in [5.41, 5.74) is 6.29. The largest absolute Gasteiger partial charge is 0.466 e. The van der Waals surface area contributed by atoms with E-state index in [-0.39, 0.29) is 17.0 Å². The number of hydrogen-bond donors (Lipinski definition) is 2. The number of allylic oxidation sites excluding steroid dienone is 1. The Morgan fingerprint density at radius 2 is 1.89 bits per heavy atom. The SMILES string of the molecule is COC(=O)C1=C(C)N(c2cccc(C(F)(F)F)c2)C(=N)N(C(N)=O)[C@@H]1c1ccc(C#N)cc1CCCC[N+]1(C)CCOCC1. The molecule has 4 rings (SSSR count). The lowest BCUT2D eigenvalue weighted by atomic mass is 9.87. The van der Waals surface area contributed by atoms with Crippen LogP contribution in [0.3, 0.4) is 0 Å². The number of nitrogens with two attached hydrogens (primary N) is 1. The number of anilines is 1. The quantitative estimate of drug-likeness (QED) is 0.252. The van der Waals surface area contributed by atoms with Crippen LogP contribution in [0.15, 0.2) is 53.7 Å². The number of halogens is 3. The van der Waals surface area contributed by atoms with Gasteiger partial charge in [0.1, 0.15) is 19.1 Å². The Bertz CT molecular complexity index is 1510. The van der Waals surface area contributed by atoms with Gasteiger partial charge in [-0.2, -0.15) is 18.4 Å². The van der Waals surface area contributed by atoms with Crippen molar-refractivity contribution in [3.63, 3.8) is 0 Å². The van der Waals surface area contributed by atoms with Crippen LogP contribution in [0, 0.1) is 16.7 Å². The predicted molar refractivity (Wildman–Crippen MR) is 156 cm³/mol. The molecular formula is C31H36F3N6O4+. The molecule has 2 heterocycles. The molecule has 0 bridgehead atoms. The summed E-state index contributed by atoms with van der Waals surface area (Å²) in [4.78, 5) is 28.3. The zero-order valence-corrected chi connectivity index (χ0v) is 24.9. The summed E-state index contributed by atoms with van der Waals surface area (Å²) in [5.74, 6) is -1.38. The third-order valence-electron chi connectivity index (χ3n) is 8.28. The van der Waals surface area contributed by atoms with Crippen molar-refractivity contribution in [2.45, 2.75) is 38.4 Å². The number of carbonyl (C=O) groups is 2. The predicted octanol–water partition coefficient (Wildman–Crippen LogP) is 4.70. The molecule has 1 atom stereocenters. The molecule has 0 unspecified atom stereocenters. The zero-order valence-electron chi connectivity index (χ0n) is 24.9. The molecule has 2 aliphatic rings. The van der Waals surface area contributed by atoms with Crippen LogP contribution in [0.2, 0.25) is 0 Å². The van der Waals surface area contributed by atoms with Crippen molar-refractivity contribution in [3.05, 3.63) is 76.0 Å². The maximum atomic E-state index is 13.6. The highest BCUT2D eigenvalue weighted by molar-refractivity contribution is 6.10. The van der Waals surface area contributed by atoms with Gasteiger partial charge in [0.05, 0.1) is 56.7 Å². The van der Waals surface area contributed by atoms with Crippen LogP contribution in [0.5, 0.6) is 0 Å². The summed E-state index contributed by atoms with van der Waals surface area (Å²) in [5, 5.41) is 18.6. The summed E-state index contributed by atoms with van der Waals surface area (Å²) in [6, 6.07) is 8.89. The molecular weight excluding hydrogens is 577 g/mol. The highest BCUT2D eigenvalue weighted by Gasteiger charge is 2.44. The van der Waals surface area contributed by atoms with Gasteiger partial charge in [0.2, 0.25) is 5.96 Å². The summed E-state index contributed by atoms with van der Waals surface area (Å²) >= 11 is 0. The molecule has 44 heavy (non-hydrogen) atoms. The fourth-order valence-corrected chi connectivity index (χ4v) is 5.84. The number of primary amides is 1. The first-order chi connectivity index (χ1) is 20.8. The normalized spacial score (nSPS) is 18.7. The molecule has 0 spiro atoms. The molecule has 1 saturated heterocycles. The second-order valence-electron chi connectivity index (χ2n) is 11.2. The van der Waals surface area contributed by atoms with Crippen molar-refractivity contribution in [1.82, 2.24) is 4.90 Å². The second kappa shape index (κ2) is 13.1. The number of quaternary nitrogens is 1. The number of morpholine rings is 1. The summed E-state index contributed by atoms with van der Waals surface area (Å²) in [7, 11) is 3.34. The molecule has 0 aromatic heterocycles. The number of hydrogen-bond acceptors (Lipinski definition) is 6. The van der Waals surface area contributed by atoms with E-state index >= 15 is 0 Å². The number of nitrogens with one attached hydrogen (secondary N) is 1. The van der Waals surface area contributed by atoms with Crippen molar-refractivity contribution >= 4 is 23.6 Å². The Morgan fingerprint density at radius 3 is 2.50 bits per heavy atom. The number of carbonyl (C=O) groups excluding carboxylic acids is 2. The number of nitrogens with zero attached hydrogens (tertiary/aromatic N) is 4. The van der Waals surface area contributed by atoms with E-state index in [0.29, 0.717) is 36.3 Å². The van der Waals surface area contributed by atoms with Crippen molar-refractivity contribution in [3.8, 4) is 6.07 Å². The average Bonchev–Trinajstić information content (AvgIpc) is 2.98. The fraction of sp³-hybridized carbons (Fsp3) is 0.419. The molecule has 0 radical (unpaired) electrons. The number of rotatable bonds is 8. The average molecular weight is 614 g/mol. The van der Waals surface area contributed by atoms with Crippen LogP contribution < -0.4 is 10.6 Å². The first-order valence-electron chi connectivity index (χ1n) is 14.2. The Kier molecular flexibility index (Phi) is 9.66. The lowest BCUT2D eigenvalue weighted by Crippen LogP contribution is -2.55. The lowest BCUT2D eigenvalue weighted by Gasteiger charge is -2.43. The molecule has 10 nitrogen and oxygen atoms in total. The van der Waals surface area contributed by atoms with Gasteiger partial charge in [-0.05, 0) is 67.6 Å². The molecule has 0 saturated carbocycles. The van der Waals surface area contributed by atoms with Crippen molar-refractivity contribution in [1.29, 1.82) is 10.7 Å². The molecule has 3 N–H and O–H groups in total. The van der Waals surface area contributed by atoms with Crippen LogP contribution in [-0.2, 0) is 26.9 Å². The summed E-state index contributed by atoms with van der Waals surface area (Å²) < 4.78 is 52.2. The molecule has 2 amide bonds. The van der Waals surface area contributed by atoms with Crippen molar-refractivity contribution in [2.75, 3.05) is 51.9 Å². The maximum Gasteiger partial charge on any atom is 0.416 e. The third-order valence-corrected chi connectivity index (χ3v) is 8.28. The van der Waals surface area contributed by atoms with E-state index in [4.69, 9.17) is 20.6 Å². The van der Waals surface area contributed by atoms with Gasteiger partial charge in [0.15, 0.2) is 0 Å². The van der Waals surface area contributed by atoms with Gasteiger partial charge in [-0.1, -0.05) is 12.1 Å². The van der Waals surface area contributed by atoms with E-state index in [9.17, 15) is 28.0 Å². The molecule has 0 aliphatic carbocycles. The number of amides is 2. The summed E-state index contributed by atoms with van der Waals surface area (Å²) in [6.45, 7) is 5.66. The molecule has 2 aromatic carbocycles. The third kappa shape index (κ3) is 6.71. The van der Waals surface area contributed by atoms with Crippen LogP contribution >= 0.6 is 0 Å². The van der Waals surface area contributed by atoms with Gasteiger partial charge in [0.25, 0.3) is 0 Å². The van der Waals surface area contributed by atoms with Crippen LogP contribution in [0.4, 0.5) is 23.7 Å². The van der Waals surface area contributed by atoms with E-state index < -0.39 is 35.7 Å². The Balaban J connectivity index is 1.79. The Hall–Kier alpha value is -4.41. The van der Waals surface area contributed by atoms with E-state index in [1.165, 1.54) is 19.1 Å². The maximum absolute atomic E-state index is 13.6. The number of ether oxygens (including phenoxy) is 2. The number of aryl methyl sites for hydroxylation is 1. The second-order valence-corrected chi connectivity index (χ2v) is 11.2. The van der Waals surface area contributed by atoms with Gasteiger partial charge in [0, 0.05) is 11.4 Å². The number of benzene rings is 2. The molecule has 2 aliphatic heterocycles. The first-order valence-corrected chi connectivity index (χ1v) is 14.2. The minimum absolute atomic E-state index is 0.0722. The Labute approximate surface area is 254 Å². The molecule has 13 heteroatoms. The Morgan fingerprint density at radius 1 is 1.18 bits per heavy atom. The monoisotopic (exact) mass is 613 g/mol. The van der Waals surface area contributed by atoms with E-state index in [2.05, 4.69) is 13.1 Å². The molecule has 1 fully saturated rings. The van der Waals surface area contributed by atoms with Gasteiger partial charge in [-0.3, -0.25) is 15.2 Å². The van der Waals surface area contributed by atoms with E-state index in [1.54, 1.807) is 18.2 Å². The van der Waals surface area contributed by atoms with E-state index in [0.717, 1.165) is 66.0 Å². The lowest BCUT2D eigenvalue weighted by molar-refractivity contribution is -0.917. The standard InChI is InChI=1S/C31H35F3N6O4/c1-20-26(28(41)43-3)27(39(30(37)42)29(36)38(20)24-9-6-8-23(18-24)31(32,33)34)25-11-10-21(19-35)17-22(25)7-4-5-12-40(2)13-15-44-16-14-40/h6,8-11,17-18,27,36H,4-5,7,12-16H2,1-3H3,(H-,37,42)/p+1/t27-/m1/s1. The van der Waals surface area contributed by atoms with Gasteiger partial charge in [-0.15, -0.1) is 0 Å². The minimum atomic E-state index is -4.67. The number of likely N-dealkylation sites (N-methyl/N-ethyl adjacent to an activating group) is 1. The van der Waals surface area contributed by atoms with E-state index in [1.807, 2.05) is 0 Å². The van der Waals surface area contributed by atoms with Crippen LogP contribution in [-0.4, -0.2) is 74.3 Å². The molecule has 234 valence electrons. The number of methoxy groups -OCH3 is 1. The number of unbranched alkanes of at least 4 members (excludes halogenated alkanes) is 1. The number of guanidine groups is 1. The van der Waals surface area contributed by atoms with Gasteiger partial charge in [-0.25, -0.2) is 9.59 Å². The van der Waals surface area contributed by atoms with Gasteiger partial charge < -0.3 is 19.7 Å². The minimum Gasteiger partial charge on any atom is -0.466 e. The number of urea groups is 1. The van der Waals surface area contributed by atoms with Gasteiger partial charge >= 0.3 is 18.2 Å². The number of alkyl halides is 3. The topological polar surface area (TPSA) is 133 Å². The van der Waals surface area contributed by atoms with Crippen LogP contribution in [0.25, 0.3) is 0 Å². The number of esters is 1. The molecule has 2 aromatic rings. The highest BCUT2D eigenvalue weighted by Crippen LogP contribution is 2.42. The van der Waals surface area contributed by atoms with Crippen molar-refractivity contribution in [2.24, 2.45) is 5.73 Å². The smallest absolute Gasteiger partial charge is 0.416 e. The fourth-order valence-electron chi connectivity index (χ4n) is 5.84. The van der Waals surface area contributed by atoms with Crippen molar-refractivity contribution < 1.29 is 36.7 Å². The number of nitriles is 1. The van der Waals surface area contributed by atoms with Crippen LogP contribution in [0.1, 0.15) is 48.1 Å². The first kappa shape index (κ1) is 32.5. The summed E-state index contributed by atoms with van der Waals surface area (Å²) in [6.07, 6.45) is -2.55. The zero-order chi connectivity index (χ0) is 32.2. The highest BCUT2D eigenvalue weighted by atomic mass is 19.4.